The van der Waals surface area contributed by atoms with Crippen LogP contribution >= 0.6 is 0 Å². The number of ether oxygens (including phenoxy) is 1. The van der Waals surface area contributed by atoms with Crippen LogP contribution < -0.4 is 0 Å². The Morgan fingerprint density at radius 1 is 1.38 bits per heavy atom. The molecule has 1 heterocycles. The SMILES string of the molecule is O=C(O)CCC1CC(=O)OC12CCCCC2. The van der Waals surface area contributed by atoms with E-state index in [0.29, 0.717) is 12.8 Å². The van der Waals surface area contributed by atoms with E-state index < -0.39 is 5.97 Å². The number of carboxylic acid groups (broad SMARTS) is 1. The zero-order valence-corrected chi connectivity index (χ0v) is 9.41. The molecule has 1 aliphatic heterocycles. The number of carboxylic acids is 1. The van der Waals surface area contributed by atoms with E-state index >= 15 is 0 Å². The van der Waals surface area contributed by atoms with Crippen LogP contribution in [0.3, 0.4) is 0 Å². The van der Waals surface area contributed by atoms with Crippen molar-refractivity contribution in [2.45, 2.75) is 57.0 Å². The smallest absolute Gasteiger partial charge is 0.306 e. The Kier molecular flexibility index (Phi) is 3.17. The first kappa shape index (κ1) is 11.4. The highest BCUT2D eigenvalue weighted by atomic mass is 16.6. The summed E-state index contributed by atoms with van der Waals surface area (Å²) in [6.07, 6.45) is 6.35. The number of esters is 1. The molecule has 2 aliphatic rings. The Balaban J connectivity index is 2.02. The highest BCUT2D eigenvalue weighted by Gasteiger charge is 2.48. The molecule has 1 saturated heterocycles. The van der Waals surface area contributed by atoms with E-state index in [1.165, 1.54) is 6.42 Å². The van der Waals surface area contributed by atoms with Gasteiger partial charge in [0.15, 0.2) is 0 Å². The molecule has 4 nitrogen and oxygen atoms in total. The van der Waals surface area contributed by atoms with E-state index in [1.54, 1.807) is 0 Å². The topological polar surface area (TPSA) is 63.6 Å². The first-order valence-corrected chi connectivity index (χ1v) is 6.06. The number of hydrogen-bond donors (Lipinski definition) is 1. The molecule has 1 unspecified atom stereocenters. The van der Waals surface area contributed by atoms with Gasteiger partial charge in [-0.1, -0.05) is 6.42 Å². The second kappa shape index (κ2) is 4.44. The van der Waals surface area contributed by atoms with Crippen LogP contribution in [0.25, 0.3) is 0 Å². The van der Waals surface area contributed by atoms with Gasteiger partial charge in [0.25, 0.3) is 0 Å². The van der Waals surface area contributed by atoms with Gasteiger partial charge in [0, 0.05) is 12.3 Å². The molecule has 2 fully saturated rings. The summed E-state index contributed by atoms with van der Waals surface area (Å²) in [6, 6.07) is 0. The van der Waals surface area contributed by atoms with Gasteiger partial charge in [-0.3, -0.25) is 9.59 Å². The average Bonchev–Trinajstić information content (AvgIpc) is 2.53. The molecule has 90 valence electrons. The first-order valence-electron chi connectivity index (χ1n) is 6.06. The third-order valence-electron chi connectivity index (χ3n) is 3.88. The Bertz CT molecular complexity index is 291. The van der Waals surface area contributed by atoms with Crippen LogP contribution in [0.1, 0.15) is 51.4 Å². The Morgan fingerprint density at radius 3 is 2.69 bits per heavy atom. The molecule has 1 N–H and O–H groups in total. The Labute approximate surface area is 95.0 Å². The van der Waals surface area contributed by atoms with Crippen molar-refractivity contribution in [3.8, 4) is 0 Å². The van der Waals surface area contributed by atoms with Gasteiger partial charge in [-0.25, -0.2) is 0 Å². The average molecular weight is 226 g/mol. The summed E-state index contributed by atoms with van der Waals surface area (Å²) in [5.74, 6) is -0.806. The van der Waals surface area contributed by atoms with Gasteiger partial charge in [0.05, 0.1) is 6.42 Å². The minimum atomic E-state index is -0.787. The van der Waals surface area contributed by atoms with Crippen LogP contribution in [0.2, 0.25) is 0 Å². The van der Waals surface area contributed by atoms with Crippen LogP contribution in [-0.2, 0) is 14.3 Å². The number of rotatable bonds is 3. The third kappa shape index (κ3) is 2.20. The molecule has 0 radical (unpaired) electrons. The van der Waals surface area contributed by atoms with Crippen molar-refractivity contribution >= 4 is 11.9 Å². The van der Waals surface area contributed by atoms with Crippen LogP contribution in [0.5, 0.6) is 0 Å². The molecule has 0 aromatic heterocycles. The fourth-order valence-corrected chi connectivity index (χ4v) is 3.06. The molecule has 4 heteroatoms. The fraction of sp³-hybridized carbons (Fsp3) is 0.833. The zero-order valence-electron chi connectivity index (χ0n) is 9.41. The van der Waals surface area contributed by atoms with E-state index in [-0.39, 0.29) is 23.9 Å². The molecule has 1 spiro atoms. The molecule has 1 aliphatic carbocycles. The molecule has 16 heavy (non-hydrogen) atoms. The molecule has 2 rings (SSSR count). The predicted molar refractivity (Wildman–Crippen MR) is 56.9 cm³/mol. The molecule has 0 bridgehead atoms. The van der Waals surface area contributed by atoms with Crippen molar-refractivity contribution in [1.29, 1.82) is 0 Å². The number of carbonyl (C=O) groups excluding carboxylic acids is 1. The van der Waals surface area contributed by atoms with Gasteiger partial charge >= 0.3 is 11.9 Å². The summed E-state index contributed by atoms with van der Waals surface area (Å²) in [6.45, 7) is 0. The molecular weight excluding hydrogens is 208 g/mol. The number of aliphatic carboxylic acids is 1. The van der Waals surface area contributed by atoms with Gasteiger partial charge in [0.2, 0.25) is 0 Å². The maximum Gasteiger partial charge on any atom is 0.306 e. The second-order valence-electron chi connectivity index (χ2n) is 4.93. The number of carbonyl (C=O) groups is 2. The van der Waals surface area contributed by atoms with E-state index in [9.17, 15) is 9.59 Å². The quantitative estimate of drug-likeness (QED) is 0.749. The fourth-order valence-electron chi connectivity index (χ4n) is 3.06. The molecule has 1 atom stereocenters. The van der Waals surface area contributed by atoms with E-state index in [4.69, 9.17) is 9.84 Å². The minimum Gasteiger partial charge on any atom is -0.481 e. The summed E-state index contributed by atoms with van der Waals surface area (Å²) >= 11 is 0. The Morgan fingerprint density at radius 2 is 2.06 bits per heavy atom. The lowest BCUT2D eigenvalue weighted by molar-refractivity contribution is -0.152. The lowest BCUT2D eigenvalue weighted by Crippen LogP contribution is -2.38. The maximum absolute atomic E-state index is 11.4. The van der Waals surface area contributed by atoms with Crippen molar-refractivity contribution < 1.29 is 19.4 Å². The van der Waals surface area contributed by atoms with E-state index in [1.807, 2.05) is 0 Å². The lowest BCUT2D eigenvalue weighted by Gasteiger charge is -2.36. The minimum absolute atomic E-state index is 0.122. The summed E-state index contributed by atoms with van der Waals surface area (Å²) in [5, 5.41) is 8.70. The van der Waals surface area contributed by atoms with Crippen molar-refractivity contribution in [1.82, 2.24) is 0 Å². The summed E-state index contributed by atoms with van der Waals surface area (Å²) in [7, 11) is 0. The predicted octanol–water partition coefficient (Wildman–Crippen LogP) is 2.12. The Hall–Kier alpha value is -1.06. The van der Waals surface area contributed by atoms with Gasteiger partial charge in [-0.15, -0.1) is 0 Å². The van der Waals surface area contributed by atoms with Crippen molar-refractivity contribution in [2.75, 3.05) is 0 Å². The van der Waals surface area contributed by atoms with Crippen molar-refractivity contribution in [3.63, 3.8) is 0 Å². The highest BCUT2D eigenvalue weighted by molar-refractivity contribution is 5.73. The summed E-state index contributed by atoms with van der Waals surface area (Å²) < 4.78 is 5.50. The molecular formula is C12H18O4. The van der Waals surface area contributed by atoms with Gasteiger partial charge < -0.3 is 9.84 Å². The molecule has 1 saturated carbocycles. The third-order valence-corrected chi connectivity index (χ3v) is 3.88. The normalized spacial score (nSPS) is 28.0. The second-order valence-corrected chi connectivity index (χ2v) is 4.93. The van der Waals surface area contributed by atoms with E-state index in [2.05, 4.69) is 0 Å². The van der Waals surface area contributed by atoms with E-state index in [0.717, 1.165) is 25.7 Å². The highest BCUT2D eigenvalue weighted by Crippen LogP contribution is 2.45. The van der Waals surface area contributed by atoms with Crippen molar-refractivity contribution in [3.05, 3.63) is 0 Å². The summed E-state index contributed by atoms with van der Waals surface area (Å²) in [5.41, 5.74) is -0.315. The van der Waals surface area contributed by atoms with Crippen LogP contribution in [0.4, 0.5) is 0 Å². The van der Waals surface area contributed by atoms with Crippen LogP contribution in [0.15, 0.2) is 0 Å². The largest absolute Gasteiger partial charge is 0.481 e. The first-order chi connectivity index (χ1) is 7.62. The van der Waals surface area contributed by atoms with Crippen molar-refractivity contribution in [2.24, 2.45) is 5.92 Å². The summed E-state index contributed by atoms with van der Waals surface area (Å²) in [4.78, 5) is 22.0. The maximum atomic E-state index is 11.4. The van der Waals surface area contributed by atoms with Gasteiger partial charge in [-0.05, 0) is 32.1 Å². The molecule has 0 aromatic rings. The van der Waals surface area contributed by atoms with Gasteiger partial charge in [0.1, 0.15) is 5.60 Å². The zero-order chi connectivity index (χ0) is 11.6. The van der Waals surface area contributed by atoms with Crippen LogP contribution in [0, 0.1) is 5.92 Å². The van der Waals surface area contributed by atoms with Gasteiger partial charge in [-0.2, -0.15) is 0 Å². The van der Waals surface area contributed by atoms with Crippen LogP contribution in [-0.4, -0.2) is 22.6 Å². The lowest BCUT2D eigenvalue weighted by atomic mass is 9.74. The number of hydrogen-bond acceptors (Lipinski definition) is 3. The monoisotopic (exact) mass is 226 g/mol. The molecule has 0 aromatic carbocycles. The molecule has 0 amide bonds. The standard InChI is InChI=1S/C12H18O4/c13-10(14)5-4-9-8-11(15)16-12(9)6-2-1-3-7-12/h9H,1-8H2,(H,13,14).